The standard InChI is InChI=1S/C15H17OS/c1-3-4-7-12-9-10-14(17-12)15(16)13-8-5-6-11(13)2/h5-6,8-10H,3-4,7H2,1-2H3. The molecule has 1 aromatic rings. The summed E-state index contributed by atoms with van der Waals surface area (Å²) in [6.07, 6.45) is 9.32. The van der Waals surface area contributed by atoms with Crippen molar-refractivity contribution in [3.63, 3.8) is 0 Å². The lowest BCUT2D eigenvalue weighted by Gasteiger charge is -2.10. The summed E-state index contributed by atoms with van der Waals surface area (Å²) >= 11 is 1.64. The lowest BCUT2D eigenvalue weighted by Crippen LogP contribution is -2.12. The van der Waals surface area contributed by atoms with E-state index in [0.29, 0.717) is 0 Å². The van der Waals surface area contributed by atoms with Gasteiger partial charge in [0.2, 0.25) is 0 Å². The Kier molecular flexibility index (Phi) is 4.38. The van der Waals surface area contributed by atoms with Crippen molar-refractivity contribution < 1.29 is 4.79 Å². The van der Waals surface area contributed by atoms with Crippen LogP contribution in [0, 0.1) is 31.1 Å². The van der Waals surface area contributed by atoms with Crippen LogP contribution >= 0.6 is 11.3 Å². The van der Waals surface area contributed by atoms with Gasteiger partial charge in [0.1, 0.15) is 0 Å². The van der Waals surface area contributed by atoms with Crippen LogP contribution in [-0.2, 0) is 6.42 Å². The van der Waals surface area contributed by atoms with Crippen LogP contribution in [0.5, 0.6) is 0 Å². The Labute approximate surface area is 108 Å². The van der Waals surface area contributed by atoms with Gasteiger partial charge in [0, 0.05) is 4.88 Å². The first-order valence-corrected chi connectivity index (χ1v) is 6.89. The molecule has 0 bridgehead atoms. The highest BCUT2D eigenvalue weighted by Crippen LogP contribution is 2.36. The topological polar surface area (TPSA) is 17.1 Å². The molecule has 1 aromatic heterocycles. The van der Waals surface area contributed by atoms with Crippen molar-refractivity contribution >= 4 is 17.1 Å². The van der Waals surface area contributed by atoms with Gasteiger partial charge in [0.15, 0.2) is 5.78 Å². The molecule has 1 aliphatic rings. The number of hydrogen-bond acceptors (Lipinski definition) is 2. The number of hydrogen-bond donors (Lipinski definition) is 0. The molecule has 5 radical (unpaired) electrons. The van der Waals surface area contributed by atoms with E-state index in [1.807, 2.05) is 32.3 Å². The molecule has 0 spiro atoms. The van der Waals surface area contributed by atoms with Crippen molar-refractivity contribution in [2.45, 2.75) is 33.1 Å². The van der Waals surface area contributed by atoms with E-state index < -0.39 is 0 Å². The van der Waals surface area contributed by atoms with E-state index in [9.17, 15) is 4.79 Å². The summed E-state index contributed by atoms with van der Waals surface area (Å²) < 4.78 is 0. The van der Waals surface area contributed by atoms with Gasteiger partial charge in [0.05, 0.1) is 10.8 Å². The summed E-state index contributed by atoms with van der Waals surface area (Å²) in [7, 11) is 0. The highest BCUT2D eigenvalue weighted by atomic mass is 32.1. The normalized spacial score (nSPS) is 17.8. The summed E-state index contributed by atoms with van der Waals surface area (Å²) in [6, 6.07) is 4.05. The molecule has 0 N–H and O–H groups in total. The van der Waals surface area contributed by atoms with Gasteiger partial charge >= 0.3 is 0 Å². The van der Waals surface area contributed by atoms with Crippen molar-refractivity contribution in [3.8, 4) is 0 Å². The van der Waals surface area contributed by atoms with E-state index in [1.54, 1.807) is 11.3 Å². The predicted molar refractivity (Wildman–Crippen MR) is 72.3 cm³/mol. The van der Waals surface area contributed by atoms with Crippen LogP contribution in [0.25, 0.3) is 0 Å². The first-order valence-electron chi connectivity index (χ1n) is 6.08. The van der Waals surface area contributed by atoms with Crippen LogP contribution < -0.4 is 0 Å². The second kappa shape index (κ2) is 5.81. The molecule has 0 saturated heterocycles. The van der Waals surface area contributed by atoms with Crippen LogP contribution in [0.15, 0.2) is 12.1 Å². The molecular formula is C15H17OS. The first-order chi connectivity index (χ1) is 8.22. The Bertz CT molecular complexity index is 380. The van der Waals surface area contributed by atoms with Crippen LogP contribution in [0.1, 0.15) is 41.2 Å². The lowest BCUT2D eigenvalue weighted by molar-refractivity contribution is 0.102. The Balaban J connectivity index is 2.01. The maximum Gasteiger partial charge on any atom is 0.180 e. The molecular weight excluding hydrogens is 228 g/mol. The van der Waals surface area contributed by atoms with E-state index in [2.05, 4.69) is 13.0 Å². The molecule has 0 amide bonds. The van der Waals surface area contributed by atoms with Gasteiger partial charge in [-0.3, -0.25) is 4.79 Å². The van der Waals surface area contributed by atoms with Crippen molar-refractivity contribution in [1.29, 1.82) is 0 Å². The van der Waals surface area contributed by atoms with Crippen LogP contribution in [-0.4, -0.2) is 5.78 Å². The quantitative estimate of drug-likeness (QED) is 0.715. The number of aryl methyl sites for hydroxylation is 1. The Morgan fingerprint density at radius 1 is 1.29 bits per heavy atom. The van der Waals surface area contributed by atoms with Crippen molar-refractivity contribution in [2.24, 2.45) is 0 Å². The molecule has 2 rings (SSSR count). The van der Waals surface area contributed by atoms with E-state index in [-0.39, 0.29) is 5.78 Å². The summed E-state index contributed by atoms with van der Waals surface area (Å²) in [6.45, 7) is 4.17. The monoisotopic (exact) mass is 245 g/mol. The minimum atomic E-state index is 0.167. The first kappa shape index (κ1) is 12.8. The highest BCUT2D eigenvalue weighted by molar-refractivity contribution is 7.14. The summed E-state index contributed by atoms with van der Waals surface area (Å²) in [5.74, 6) is 2.08. The molecule has 1 aliphatic carbocycles. The van der Waals surface area contributed by atoms with E-state index >= 15 is 0 Å². The van der Waals surface area contributed by atoms with Crippen molar-refractivity contribution in [1.82, 2.24) is 0 Å². The number of Topliss-reactive ketones (excluding diaryl/α,β-unsaturated/α-hetero) is 1. The minimum Gasteiger partial charge on any atom is -0.293 e. The molecule has 89 valence electrons. The zero-order valence-corrected chi connectivity index (χ0v) is 11.1. The van der Waals surface area contributed by atoms with Crippen molar-refractivity contribution in [3.05, 3.63) is 53.0 Å². The Hall–Kier alpha value is -0.630. The molecule has 1 fully saturated rings. The number of ketones is 1. The van der Waals surface area contributed by atoms with Crippen LogP contribution in [0.4, 0.5) is 0 Å². The highest BCUT2D eigenvalue weighted by Gasteiger charge is 2.32. The SMILES string of the molecule is CCCCc1ccc(C(=O)[C]2[CH][CH][CH][C]2C)s1. The van der Waals surface area contributed by atoms with Crippen LogP contribution in [0.3, 0.4) is 0 Å². The van der Waals surface area contributed by atoms with E-state index in [4.69, 9.17) is 0 Å². The third kappa shape index (κ3) is 2.98. The minimum absolute atomic E-state index is 0.167. The van der Waals surface area contributed by atoms with Gasteiger partial charge in [-0.05, 0) is 50.2 Å². The van der Waals surface area contributed by atoms with Gasteiger partial charge < -0.3 is 0 Å². The maximum absolute atomic E-state index is 12.2. The largest absolute Gasteiger partial charge is 0.293 e. The molecule has 17 heavy (non-hydrogen) atoms. The Morgan fingerprint density at radius 2 is 2.12 bits per heavy atom. The average molecular weight is 245 g/mol. The van der Waals surface area contributed by atoms with Crippen molar-refractivity contribution in [2.75, 3.05) is 0 Å². The Morgan fingerprint density at radius 3 is 2.76 bits per heavy atom. The molecule has 1 nitrogen and oxygen atoms in total. The third-order valence-corrected chi connectivity index (χ3v) is 4.08. The van der Waals surface area contributed by atoms with E-state index in [0.717, 1.165) is 23.1 Å². The number of unbranched alkanes of at least 4 members (excludes halogenated alkanes) is 1. The summed E-state index contributed by atoms with van der Waals surface area (Å²) in [5.41, 5.74) is 0. The second-order valence-corrected chi connectivity index (χ2v) is 5.49. The third-order valence-electron chi connectivity index (χ3n) is 2.94. The zero-order valence-electron chi connectivity index (χ0n) is 10.3. The van der Waals surface area contributed by atoms with Crippen LogP contribution in [0.2, 0.25) is 0 Å². The number of carbonyl (C=O) groups is 1. The fourth-order valence-electron chi connectivity index (χ4n) is 1.88. The van der Waals surface area contributed by atoms with Gasteiger partial charge in [0.25, 0.3) is 0 Å². The molecule has 0 unspecified atom stereocenters. The molecule has 1 saturated carbocycles. The second-order valence-electron chi connectivity index (χ2n) is 4.32. The number of carbonyl (C=O) groups excluding carboxylic acids is 1. The molecule has 2 heteroatoms. The zero-order chi connectivity index (χ0) is 12.3. The molecule has 0 atom stereocenters. The average Bonchev–Trinajstić information content (AvgIpc) is 2.94. The molecule has 0 aromatic carbocycles. The van der Waals surface area contributed by atoms with Gasteiger partial charge in [-0.15, -0.1) is 11.3 Å². The van der Waals surface area contributed by atoms with E-state index in [1.165, 1.54) is 17.7 Å². The fourth-order valence-corrected chi connectivity index (χ4v) is 2.89. The van der Waals surface area contributed by atoms with Gasteiger partial charge in [-0.2, -0.15) is 0 Å². The number of rotatable bonds is 5. The summed E-state index contributed by atoms with van der Waals surface area (Å²) in [4.78, 5) is 14.4. The predicted octanol–water partition coefficient (Wildman–Crippen LogP) is 4.07. The maximum atomic E-state index is 12.2. The molecule has 0 aliphatic heterocycles. The van der Waals surface area contributed by atoms with Gasteiger partial charge in [-0.1, -0.05) is 20.3 Å². The lowest BCUT2D eigenvalue weighted by atomic mass is 9.93. The molecule has 1 heterocycles. The number of thiophene rings is 1. The smallest absolute Gasteiger partial charge is 0.180 e. The van der Waals surface area contributed by atoms with Gasteiger partial charge in [-0.25, -0.2) is 0 Å². The fraction of sp³-hybridized carbons (Fsp3) is 0.333. The summed E-state index contributed by atoms with van der Waals surface area (Å²) in [5, 5.41) is 0.